The summed E-state index contributed by atoms with van der Waals surface area (Å²) in [6.07, 6.45) is 5.55. The second-order valence-corrected chi connectivity index (χ2v) is 8.54. The quantitative estimate of drug-likeness (QED) is 0.589. The van der Waals surface area contributed by atoms with E-state index in [0.29, 0.717) is 6.42 Å². The van der Waals surface area contributed by atoms with Gasteiger partial charge in [-0.3, -0.25) is 9.59 Å². The highest BCUT2D eigenvalue weighted by atomic mass is 16.6. The number of carbonyl (C=O) groups excluding carboxylic acids is 2. The minimum Gasteiger partial charge on any atom is -0.507 e. The van der Waals surface area contributed by atoms with Crippen LogP contribution in [0.4, 0.5) is 0 Å². The third-order valence-electron chi connectivity index (χ3n) is 5.14. The normalized spacial score (nSPS) is 21.2. The van der Waals surface area contributed by atoms with E-state index in [0.717, 1.165) is 31.7 Å². The van der Waals surface area contributed by atoms with Crippen molar-refractivity contribution in [1.82, 2.24) is 4.57 Å². The van der Waals surface area contributed by atoms with E-state index in [1.165, 1.54) is 17.7 Å². The molecular formula is C21H31NO6. The van der Waals surface area contributed by atoms with E-state index in [1.807, 2.05) is 0 Å². The fourth-order valence-corrected chi connectivity index (χ4v) is 3.67. The number of pyridine rings is 1. The molecular weight excluding hydrogens is 362 g/mol. The number of ether oxygens (including phenoxy) is 2. The number of ketones is 1. The molecule has 7 nitrogen and oxygen atoms in total. The van der Waals surface area contributed by atoms with Gasteiger partial charge in [0.25, 0.3) is 5.56 Å². The van der Waals surface area contributed by atoms with Crippen LogP contribution in [-0.2, 0) is 14.3 Å². The van der Waals surface area contributed by atoms with Crippen LogP contribution in [0, 0.1) is 5.92 Å². The van der Waals surface area contributed by atoms with Crippen LogP contribution in [0.25, 0.3) is 0 Å². The number of hydrogen-bond donors (Lipinski definition) is 1. The lowest BCUT2D eigenvalue weighted by atomic mass is 9.83. The Morgan fingerprint density at radius 2 is 1.86 bits per heavy atom. The van der Waals surface area contributed by atoms with Crippen molar-refractivity contribution in [2.45, 2.75) is 77.5 Å². The molecule has 0 amide bonds. The molecule has 1 heterocycles. The molecule has 1 atom stereocenters. The Hall–Kier alpha value is -2.15. The molecule has 0 spiro atoms. The second-order valence-electron chi connectivity index (χ2n) is 8.54. The van der Waals surface area contributed by atoms with Gasteiger partial charge in [-0.15, -0.1) is 0 Å². The van der Waals surface area contributed by atoms with Crippen molar-refractivity contribution in [3.8, 4) is 5.75 Å². The lowest BCUT2D eigenvalue weighted by molar-refractivity contribution is -0.160. The standard InChI is InChI=1S/C21H31NO6/c1-13(23)16-12-22(19(25)11-18(16)24)17(20(26)28-21(2,3)4)10-14-6-8-15(27-5)9-7-14/h11-12,14-15,17,24H,6-10H2,1-5H3. The summed E-state index contributed by atoms with van der Waals surface area (Å²) in [5.41, 5.74) is -1.23. The van der Waals surface area contributed by atoms with E-state index >= 15 is 0 Å². The van der Waals surface area contributed by atoms with Crippen molar-refractivity contribution in [3.63, 3.8) is 0 Å². The van der Waals surface area contributed by atoms with Gasteiger partial charge in [0.05, 0.1) is 11.7 Å². The average molecular weight is 393 g/mol. The van der Waals surface area contributed by atoms with Crippen LogP contribution in [0.15, 0.2) is 17.1 Å². The molecule has 1 aliphatic rings. The fraction of sp³-hybridized carbons (Fsp3) is 0.667. The van der Waals surface area contributed by atoms with Gasteiger partial charge >= 0.3 is 5.97 Å². The van der Waals surface area contributed by atoms with Crippen molar-refractivity contribution >= 4 is 11.8 Å². The van der Waals surface area contributed by atoms with Crippen molar-refractivity contribution in [3.05, 3.63) is 28.2 Å². The van der Waals surface area contributed by atoms with Gasteiger partial charge in [-0.2, -0.15) is 0 Å². The number of methoxy groups -OCH3 is 1. The molecule has 28 heavy (non-hydrogen) atoms. The number of aromatic nitrogens is 1. The molecule has 1 fully saturated rings. The first-order valence-corrected chi connectivity index (χ1v) is 9.73. The SMILES string of the molecule is COC1CCC(CC(C(=O)OC(C)(C)C)n2cc(C(C)=O)c(O)cc2=O)CC1. The predicted octanol–water partition coefficient (Wildman–Crippen LogP) is 3.23. The van der Waals surface area contributed by atoms with Crippen molar-refractivity contribution in [2.24, 2.45) is 5.92 Å². The highest BCUT2D eigenvalue weighted by molar-refractivity contribution is 5.96. The summed E-state index contributed by atoms with van der Waals surface area (Å²) in [4.78, 5) is 37.3. The van der Waals surface area contributed by atoms with Crippen LogP contribution in [0.3, 0.4) is 0 Å². The Morgan fingerprint density at radius 3 is 2.36 bits per heavy atom. The van der Waals surface area contributed by atoms with Gasteiger partial charge in [-0.25, -0.2) is 4.79 Å². The molecule has 2 rings (SSSR count). The molecule has 1 aromatic heterocycles. The molecule has 1 N–H and O–H groups in total. The lowest BCUT2D eigenvalue weighted by Gasteiger charge is -2.31. The third kappa shape index (κ3) is 5.67. The smallest absolute Gasteiger partial charge is 0.329 e. The molecule has 0 saturated heterocycles. The zero-order chi connectivity index (χ0) is 21.1. The van der Waals surface area contributed by atoms with Gasteiger partial charge < -0.3 is 19.1 Å². The third-order valence-corrected chi connectivity index (χ3v) is 5.14. The molecule has 7 heteroatoms. The van der Waals surface area contributed by atoms with Gasteiger partial charge in [-0.1, -0.05) is 0 Å². The van der Waals surface area contributed by atoms with E-state index in [9.17, 15) is 19.5 Å². The minimum atomic E-state index is -0.852. The average Bonchev–Trinajstić information content (AvgIpc) is 2.59. The number of Topliss-reactive ketones (excluding diaryl/α,β-unsaturated/α-hetero) is 1. The highest BCUT2D eigenvalue weighted by Gasteiger charge is 2.32. The van der Waals surface area contributed by atoms with Crippen LogP contribution in [-0.4, -0.2) is 40.2 Å². The van der Waals surface area contributed by atoms with Crippen molar-refractivity contribution in [1.29, 1.82) is 0 Å². The fourth-order valence-electron chi connectivity index (χ4n) is 3.67. The van der Waals surface area contributed by atoms with Gasteiger partial charge in [0.1, 0.15) is 17.4 Å². The Balaban J connectivity index is 2.36. The summed E-state index contributed by atoms with van der Waals surface area (Å²) in [5.74, 6) is -1.03. The Kier molecular flexibility index (Phi) is 7.04. The maximum atomic E-state index is 12.9. The first-order valence-electron chi connectivity index (χ1n) is 9.73. The lowest BCUT2D eigenvalue weighted by Crippen LogP contribution is -2.36. The van der Waals surface area contributed by atoms with Crippen LogP contribution < -0.4 is 5.56 Å². The largest absolute Gasteiger partial charge is 0.507 e. The summed E-state index contributed by atoms with van der Waals surface area (Å²) in [7, 11) is 1.70. The Labute approximate surface area is 165 Å². The van der Waals surface area contributed by atoms with Crippen LogP contribution in [0.5, 0.6) is 5.75 Å². The van der Waals surface area contributed by atoms with Gasteiger partial charge in [0, 0.05) is 19.4 Å². The van der Waals surface area contributed by atoms with Crippen molar-refractivity contribution < 1.29 is 24.2 Å². The molecule has 0 radical (unpaired) electrons. The second kappa shape index (κ2) is 8.90. The predicted molar refractivity (Wildman–Crippen MR) is 105 cm³/mol. The maximum absolute atomic E-state index is 12.9. The number of carbonyl (C=O) groups is 2. The number of nitrogens with zero attached hydrogens (tertiary/aromatic N) is 1. The number of rotatable bonds is 6. The number of esters is 1. The van der Waals surface area contributed by atoms with E-state index < -0.39 is 23.2 Å². The molecule has 1 saturated carbocycles. The van der Waals surface area contributed by atoms with E-state index in [-0.39, 0.29) is 29.1 Å². The van der Waals surface area contributed by atoms with Crippen LogP contribution in [0.2, 0.25) is 0 Å². The van der Waals surface area contributed by atoms with Crippen LogP contribution in [0.1, 0.15) is 76.2 Å². The van der Waals surface area contributed by atoms with Gasteiger partial charge in [-0.05, 0) is 65.7 Å². The highest BCUT2D eigenvalue weighted by Crippen LogP contribution is 2.33. The first kappa shape index (κ1) is 22.1. The Morgan fingerprint density at radius 1 is 1.25 bits per heavy atom. The minimum absolute atomic E-state index is 0.0104. The van der Waals surface area contributed by atoms with Gasteiger partial charge in [0.15, 0.2) is 5.78 Å². The molecule has 0 aliphatic heterocycles. The molecule has 1 aromatic rings. The Bertz CT molecular complexity index is 768. The van der Waals surface area contributed by atoms with Crippen LogP contribution >= 0.6 is 0 Å². The molecule has 0 bridgehead atoms. The first-order chi connectivity index (χ1) is 13.0. The van der Waals surface area contributed by atoms with E-state index in [1.54, 1.807) is 27.9 Å². The van der Waals surface area contributed by atoms with Gasteiger partial charge in [0.2, 0.25) is 0 Å². The monoisotopic (exact) mass is 393 g/mol. The van der Waals surface area contributed by atoms with Crippen molar-refractivity contribution in [2.75, 3.05) is 7.11 Å². The number of aromatic hydroxyl groups is 1. The molecule has 1 unspecified atom stereocenters. The summed E-state index contributed by atoms with van der Waals surface area (Å²) in [6, 6.07) is 0.130. The summed E-state index contributed by atoms with van der Waals surface area (Å²) < 4.78 is 12.2. The zero-order valence-electron chi connectivity index (χ0n) is 17.4. The topological polar surface area (TPSA) is 94.8 Å². The molecule has 156 valence electrons. The molecule has 0 aromatic carbocycles. The summed E-state index contributed by atoms with van der Waals surface area (Å²) >= 11 is 0. The summed E-state index contributed by atoms with van der Waals surface area (Å²) in [5, 5.41) is 9.91. The summed E-state index contributed by atoms with van der Waals surface area (Å²) in [6.45, 7) is 6.61. The number of hydrogen-bond acceptors (Lipinski definition) is 6. The maximum Gasteiger partial charge on any atom is 0.329 e. The van der Waals surface area contributed by atoms with E-state index in [4.69, 9.17) is 9.47 Å². The van der Waals surface area contributed by atoms with E-state index in [2.05, 4.69) is 0 Å². The zero-order valence-corrected chi connectivity index (χ0v) is 17.4. The molecule has 1 aliphatic carbocycles.